The minimum absolute atomic E-state index is 0.0396. The Bertz CT molecular complexity index is 893. The number of hydrogen-bond donors (Lipinski definition) is 3. The van der Waals surface area contributed by atoms with Gasteiger partial charge in [-0.3, -0.25) is 9.59 Å². The summed E-state index contributed by atoms with van der Waals surface area (Å²) in [6.07, 6.45) is 10.6. The molecule has 1 spiro atoms. The van der Waals surface area contributed by atoms with Crippen molar-refractivity contribution in [1.82, 2.24) is 10.6 Å². The van der Waals surface area contributed by atoms with Gasteiger partial charge in [0.15, 0.2) is 0 Å². The zero-order valence-electron chi connectivity index (χ0n) is 23.4. The maximum Gasteiger partial charge on any atom is 0.244 e. The maximum atomic E-state index is 12.5. The number of carbonyl (C=O) groups excluding carboxylic acids is 2. The number of ether oxygens (including phenoxy) is 3. The molecule has 0 radical (unpaired) electrons. The van der Waals surface area contributed by atoms with E-state index in [1.165, 1.54) is 6.08 Å². The highest BCUT2D eigenvalue weighted by atomic mass is 16.6. The van der Waals surface area contributed by atoms with E-state index >= 15 is 0 Å². The largest absolute Gasteiger partial charge is 0.387 e. The van der Waals surface area contributed by atoms with Gasteiger partial charge in [0.1, 0.15) is 17.8 Å². The van der Waals surface area contributed by atoms with Crippen molar-refractivity contribution in [3.05, 3.63) is 36.0 Å². The van der Waals surface area contributed by atoms with Crippen LogP contribution in [0.5, 0.6) is 0 Å². The Labute approximate surface area is 221 Å². The third-order valence-corrected chi connectivity index (χ3v) is 7.58. The van der Waals surface area contributed by atoms with Crippen molar-refractivity contribution >= 4 is 11.8 Å². The fraction of sp³-hybridized carbons (Fsp3) is 0.724. The molecule has 3 heterocycles. The van der Waals surface area contributed by atoms with Gasteiger partial charge < -0.3 is 30.0 Å². The van der Waals surface area contributed by atoms with E-state index in [0.29, 0.717) is 6.61 Å². The van der Waals surface area contributed by atoms with Gasteiger partial charge in [0.25, 0.3) is 0 Å². The van der Waals surface area contributed by atoms with Crippen LogP contribution in [-0.4, -0.2) is 71.7 Å². The lowest BCUT2D eigenvalue weighted by Crippen LogP contribution is -2.50. The standard InChI is InChI=1S/C29H46N2O6/c1-17(2)28(34)30-20(5)10-13-26(32)31-23-14-19(4)24(37-22(23)7)11-8-18(3)9-12-25-27(33)29(16-35-29)15-21(6)36-25/h8-10,12-13,17,19-25,27,33H,11,14-16H2,1-7H3,(H,30,34)(H,31,32)/b12-9+,13-10-,18-8+/t19-,20-,21+,22+,23+,24-,25+,27+,29+/m0/s1. The minimum atomic E-state index is -0.640. The monoisotopic (exact) mass is 518 g/mol. The molecule has 3 saturated heterocycles. The molecule has 208 valence electrons. The van der Waals surface area contributed by atoms with Crippen molar-refractivity contribution in [3.8, 4) is 0 Å². The lowest BCUT2D eigenvalue weighted by Gasteiger charge is -2.39. The predicted molar refractivity (Wildman–Crippen MR) is 143 cm³/mol. The molecular weight excluding hydrogens is 472 g/mol. The van der Waals surface area contributed by atoms with Gasteiger partial charge in [-0.05, 0) is 46.5 Å². The van der Waals surface area contributed by atoms with E-state index in [0.717, 1.165) is 24.8 Å². The van der Waals surface area contributed by atoms with Crippen LogP contribution in [0.4, 0.5) is 0 Å². The normalized spacial score (nSPS) is 37.3. The summed E-state index contributed by atoms with van der Waals surface area (Å²) in [6.45, 7) is 14.3. The van der Waals surface area contributed by atoms with Crippen molar-refractivity contribution in [3.63, 3.8) is 0 Å². The molecule has 3 N–H and O–H groups in total. The summed E-state index contributed by atoms with van der Waals surface area (Å²) in [5.74, 6) is -0.0414. The summed E-state index contributed by atoms with van der Waals surface area (Å²) < 4.78 is 17.7. The highest BCUT2D eigenvalue weighted by Crippen LogP contribution is 2.42. The van der Waals surface area contributed by atoms with Crippen LogP contribution in [0, 0.1) is 11.8 Å². The summed E-state index contributed by atoms with van der Waals surface area (Å²) >= 11 is 0. The van der Waals surface area contributed by atoms with E-state index in [1.54, 1.807) is 6.08 Å². The number of hydrogen-bond acceptors (Lipinski definition) is 6. The molecule has 37 heavy (non-hydrogen) atoms. The highest BCUT2D eigenvalue weighted by molar-refractivity contribution is 5.88. The number of nitrogens with one attached hydrogen (secondary N) is 2. The Morgan fingerprint density at radius 3 is 2.49 bits per heavy atom. The van der Waals surface area contributed by atoms with Crippen LogP contribution in [0.25, 0.3) is 0 Å². The number of epoxide rings is 1. The second-order valence-corrected chi connectivity index (χ2v) is 11.5. The van der Waals surface area contributed by atoms with Crippen molar-refractivity contribution in [2.24, 2.45) is 11.8 Å². The zero-order chi connectivity index (χ0) is 27.3. The first-order valence-corrected chi connectivity index (χ1v) is 13.7. The van der Waals surface area contributed by atoms with Gasteiger partial charge in [-0.15, -0.1) is 0 Å². The summed E-state index contributed by atoms with van der Waals surface area (Å²) in [6, 6.07) is -0.287. The Kier molecular flexibility index (Phi) is 10.1. The second kappa shape index (κ2) is 12.7. The molecule has 9 atom stereocenters. The van der Waals surface area contributed by atoms with Crippen LogP contribution in [0.2, 0.25) is 0 Å². The molecular formula is C29H46N2O6. The second-order valence-electron chi connectivity index (χ2n) is 11.5. The molecule has 8 nitrogen and oxygen atoms in total. The molecule has 3 aliphatic heterocycles. The van der Waals surface area contributed by atoms with Crippen LogP contribution in [-0.2, 0) is 23.8 Å². The number of aliphatic hydroxyl groups is 1. The van der Waals surface area contributed by atoms with Gasteiger partial charge in [-0.25, -0.2) is 0 Å². The van der Waals surface area contributed by atoms with Gasteiger partial charge >= 0.3 is 0 Å². The number of allylic oxidation sites excluding steroid dienone is 2. The van der Waals surface area contributed by atoms with Gasteiger partial charge in [0.05, 0.1) is 31.0 Å². The Balaban J connectivity index is 1.45. The molecule has 0 unspecified atom stereocenters. The molecule has 8 heteroatoms. The lowest BCUT2D eigenvalue weighted by atomic mass is 9.87. The van der Waals surface area contributed by atoms with E-state index in [9.17, 15) is 14.7 Å². The molecule has 0 saturated carbocycles. The topological polar surface area (TPSA) is 109 Å². The van der Waals surface area contributed by atoms with Gasteiger partial charge in [0.2, 0.25) is 11.8 Å². The molecule has 0 aliphatic carbocycles. The van der Waals surface area contributed by atoms with E-state index in [4.69, 9.17) is 14.2 Å². The van der Waals surface area contributed by atoms with Gasteiger partial charge in [-0.1, -0.05) is 50.6 Å². The van der Waals surface area contributed by atoms with Gasteiger partial charge in [0, 0.05) is 24.5 Å². The van der Waals surface area contributed by atoms with Crippen molar-refractivity contribution < 1.29 is 28.9 Å². The zero-order valence-corrected chi connectivity index (χ0v) is 23.4. The fourth-order valence-corrected chi connectivity index (χ4v) is 5.06. The fourth-order valence-electron chi connectivity index (χ4n) is 5.06. The van der Waals surface area contributed by atoms with Crippen LogP contribution in [0.1, 0.15) is 67.7 Å². The van der Waals surface area contributed by atoms with Crippen molar-refractivity contribution in [2.45, 2.75) is 116 Å². The molecule has 3 rings (SSSR count). The average Bonchev–Trinajstić information content (AvgIpc) is 3.60. The first-order valence-electron chi connectivity index (χ1n) is 13.7. The highest BCUT2D eigenvalue weighted by Gasteiger charge is 2.57. The Morgan fingerprint density at radius 1 is 1.14 bits per heavy atom. The molecule has 3 fully saturated rings. The summed E-state index contributed by atoms with van der Waals surface area (Å²) in [5, 5.41) is 16.5. The Morgan fingerprint density at radius 2 is 1.84 bits per heavy atom. The lowest BCUT2D eigenvalue weighted by molar-refractivity contribution is -0.126. The van der Waals surface area contributed by atoms with Crippen LogP contribution in [0.3, 0.4) is 0 Å². The number of rotatable bonds is 9. The molecule has 0 aromatic heterocycles. The summed E-state index contributed by atoms with van der Waals surface area (Å²) in [5.41, 5.74) is 0.664. The first kappa shape index (κ1) is 29.6. The third-order valence-electron chi connectivity index (χ3n) is 7.58. The summed E-state index contributed by atoms with van der Waals surface area (Å²) in [7, 11) is 0. The maximum absolute atomic E-state index is 12.5. The van der Waals surface area contributed by atoms with E-state index in [-0.39, 0.29) is 60.1 Å². The van der Waals surface area contributed by atoms with Crippen LogP contribution in [0.15, 0.2) is 36.0 Å². The molecule has 2 amide bonds. The van der Waals surface area contributed by atoms with Gasteiger partial charge in [-0.2, -0.15) is 0 Å². The van der Waals surface area contributed by atoms with Crippen LogP contribution >= 0.6 is 0 Å². The first-order chi connectivity index (χ1) is 17.4. The predicted octanol–water partition coefficient (Wildman–Crippen LogP) is 3.20. The SMILES string of the molecule is CC(/C=C/[C@H]1O[C@H](C)C[C@@]2(CO2)[C@@H]1O)=C\C[C@@H]1O[C@H](C)[C@H](NC(=O)/C=C\[C@H](C)NC(=O)C(C)C)C[C@@H]1C. The molecule has 0 aromatic carbocycles. The minimum Gasteiger partial charge on any atom is -0.387 e. The van der Waals surface area contributed by atoms with E-state index in [2.05, 4.69) is 23.6 Å². The van der Waals surface area contributed by atoms with E-state index < -0.39 is 11.7 Å². The molecule has 3 aliphatic rings. The van der Waals surface area contributed by atoms with E-state index in [1.807, 2.05) is 53.7 Å². The molecule has 0 bridgehead atoms. The van der Waals surface area contributed by atoms with Crippen LogP contribution < -0.4 is 10.6 Å². The molecule has 0 aromatic rings. The number of carbonyl (C=O) groups is 2. The third kappa shape index (κ3) is 8.24. The smallest absolute Gasteiger partial charge is 0.244 e. The summed E-state index contributed by atoms with van der Waals surface area (Å²) in [4.78, 5) is 24.2. The number of amides is 2. The number of aliphatic hydroxyl groups excluding tert-OH is 1. The van der Waals surface area contributed by atoms with Crippen molar-refractivity contribution in [1.29, 1.82) is 0 Å². The quantitative estimate of drug-likeness (QED) is 0.246. The average molecular weight is 519 g/mol. The Hall–Kier alpha value is -2.00. The van der Waals surface area contributed by atoms with Crippen molar-refractivity contribution in [2.75, 3.05) is 6.61 Å².